The molecule has 0 atom stereocenters. The Hall–Kier alpha value is -1.73. The molecule has 0 saturated carbocycles. The number of aryl methyl sites for hydroxylation is 2. The van der Waals surface area contributed by atoms with Gasteiger partial charge in [0, 0.05) is 11.4 Å². The van der Waals surface area contributed by atoms with Gasteiger partial charge < -0.3 is 4.74 Å². The van der Waals surface area contributed by atoms with Crippen molar-refractivity contribution in [1.82, 2.24) is 0 Å². The molecule has 0 N–H and O–H groups in total. The van der Waals surface area contributed by atoms with Crippen LogP contribution in [-0.4, -0.2) is 7.11 Å². The van der Waals surface area contributed by atoms with Crippen LogP contribution in [0.4, 0.5) is 0 Å². The lowest BCUT2D eigenvalue weighted by molar-refractivity contribution is 0.371. The average molecular weight is 303 g/mol. The zero-order valence-electron chi connectivity index (χ0n) is 13.0. The minimum atomic E-state index is 0.541. The van der Waals surface area contributed by atoms with Crippen LogP contribution in [0.2, 0.25) is 0 Å². The van der Waals surface area contributed by atoms with Crippen LogP contribution in [0.25, 0.3) is 5.76 Å². The second kappa shape index (κ2) is 9.25. The fourth-order valence-electron chi connectivity index (χ4n) is 1.90. The van der Waals surface area contributed by atoms with Crippen molar-refractivity contribution < 1.29 is 4.74 Å². The van der Waals surface area contributed by atoms with Gasteiger partial charge in [0.25, 0.3) is 0 Å². The monoisotopic (exact) mass is 302 g/mol. The second-order valence-corrected chi connectivity index (χ2v) is 5.01. The lowest BCUT2D eigenvalue weighted by Gasteiger charge is -2.03. The van der Waals surface area contributed by atoms with Crippen molar-refractivity contribution in [3.05, 3.63) is 77.4 Å². The van der Waals surface area contributed by atoms with Crippen LogP contribution in [0.5, 0.6) is 0 Å². The normalized spacial score (nSPS) is 9.52. The molecule has 2 rings (SSSR count). The molecule has 1 nitrogen and oxygen atoms in total. The number of benzene rings is 2. The molecule has 0 amide bonds. The second-order valence-electron chi connectivity index (χ2n) is 4.74. The molecule has 2 aromatic carbocycles. The van der Waals surface area contributed by atoms with E-state index >= 15 is 0 Å². The summed E-state index contributed by atoms with van der Waals surface area (Å²) >= 11 is 5.64. The van der Waals surface area contributed by atoms with Gasteiger partial charge in [0.1, 0.15) is 5.76 Å². The molecule has 0 saturated heterocycles. The van der Waals surface area contributed by atoms with Gasteiger partial charge in [-0.05, 0) is 30.0 Å². The van der Waals surface area contributed by atoms with E-state index in [1.54, 1.807) is 7.11 Å². The Balaban J connectivity index is 0.000000219. The number of alkyl halides is 1. The van der Waals surface area contributed by atoms with Crippen LogP contribution in [0.15, 0.2) is 55.1 Å². The van der Waals surface area contributed by atoms with Gasteiger partial charge in [-0.3, -0.25) is 0 Å². The van der Waals surface area contributed by atoms with Gasteiger partial charge in [0.15, 0.2) is 0 Å². The van der Waals surface area contributed by atoms with Crippen LogP contribution < -0.4 is 0 Å². The fraction of sp³-hybridized carbons (Fsp3) is 0.263. The SMILES string of the molecule is C=C(OC)c1ccc(CCl)cc1.CCc1ccccc1C. The number of hydrogen-bond acceptors (Lipinski definition) is 1. The molecule has 0 radical (unpaired) electrons. The Labute approximate surface area is 133 Å². The molecule has 0 aliphatic carbocycles. The molecule has 0 aromatic heterocycles. The van der Waals surface area contributed by atoms with E-state index in [0.717, 1.165) is 17.5 Å². The maximum Gasteiger partial charge on any atom is 0.118 e. The van der Waals surface area contributed by atoms with E-state index in [-0.39, 0.29) is 0 Å². The molecule has 0 aliphatic rings. The van der Waals surface area contributed by atoms with Gasteiger partial charge in [-0.2, -0.15) is 0 Å². The molecule has 21 heavy (non-hydrogen) atoms. The first-order chi connectivity index (χ1) is 10.1. The molecule has 2 heteroatoms. The quantitative estimate of drug-likeness (QED) is 0.527. The average Bonchev–Trinajstić information content (AvgIpc) is 2.55. The van der Waals surface area contributed by atoms with E-state index in [2.05, 4.69) is 44.7 Å². The van der Waals surface area contributed by atoms with Gasteiger partial charge in [-0.1, -0.05) is 62.0 Å². The van der Waals surface area contributed by atoms with E-state index in [4.69, 9.17) is 16.3 Å². The van der Waals surface area contributed by atoms with Gasteiger partial charge in [-0.15, -0.1) is 11.6 Å². The van der Waals surface area contributed by atoms with E-state index in [9.17, 15) is 0 Å². The third-order valence-electron chi connectivity index (χ3n) is 3.32. The molecule has 0 aliphatic heterocycles. The van der Waals surface area contributed by atoms with Gasteiger partial charge >= 0.3 is 0 Å². The minimum Gasteiger partial charge on any atom is -0.497 e. The summed E-state index contributed by atoms with van der Waals surface area (Å²) in [6, 6.07) is 16.3. The molecule has 2 aromatic rings. The lowest BCUT2D eigenvalue weighted by Crippen LogP contribution is -1.85. The van der Waals surface area contributed by atoms with E-state index in [0.29, 0.717) is 11.6 Å². The number of methoxy groups -OCH3 is 1. The van der Waals surface area contributed by atoms with Crippen molar-refractivity contribution in [2.75, 3.05) is 7.11 Å². The largest absolute Gasteiger partial charge is 0.497 e. The topological polar surface area (TPSA) is 9.23 Å². The Bertz CT molecular complexity index is 558. The molecule has 0 spiro atoms. The summed E-state index contributed by atoms with van der Waals surface area (Å²) in [4.78, 5) is 0. The lowest BCUT2D eigenvalue weighted by atomic mass is 10.1. The van der Waals surface area contributed by atoms with Crippen LogP contribution >= 0.6 is 11.6 Å². The van der Waals surface area contributed by atoms with Crippen LogP contribution in [0, 0.1) is 6.92 Å². The first-order valence-electron chi connectivity index (χ1n) is 7.05. The highest BCUT2D eigenvalue weighted by Crippen LogP contribution is 2.14. The molecular weight excluding hydrogens is 280 g/mol. The van der Waals surface area contributed by atoms with Crippen molar-refractivity contribution in [1.29, 1.82) is 0 Å². The predicted octanol–water partition coefficient (Wildman–Crippen LogP) is 5.60. The van der Waals surface area contributed by atoms with Crippen molar-refractivity contribution in [2.45, 2.75) is 26.1 Å². The van der Waals surface area contributed by atoms with Gasteiger partial charge in [0.05, 0.1) is 7.11 Å². The summed E-state index contributed by atoms with van der Waals surface area (Å²) in [5, 5.41) is 0. The zero-order chi connectivity index (χ0) is 15.7. The van der Waals surface area contributed by atoms with Crippen molar-refractivity contribution in [3.63, 3.8) is 0 Å². The third-order valence-corrected chi connectivity index (χ3v) is 3.63. The summed E-state index contributed by atoms with van der Waals surface area (Å²) in [6.45, 7) is 8.08. The third kappa shape index (κ3) is 5.65. The Kier molecular flexibility index (Phi) is 7.63. The Morgan fingerprint density at radius 3 is 2.14 bits per heavy atom. The summed E-state index contributed by atoms with van der Waals surface area (Å²) in [5.74, 6) is 1.22. The summed E-state index contributed by atoms with van der Waals surface area (Å²) in [7, 11) is 1.61. The Morgan fingerprint density at radius 1 is 1.10 bits per heavy atom. The molecule has 0 bridgehead atoms. The molecule has 112 valence electrons. The highest BCUT2D eigenvalue weighted by atomic mass is 35.5. The summed E-state index contributed by atoms with van der Waals surface area (Å²) < 4.78 is 4.98. The van der Waals surface area contributed by atoms with Crippen LogP contribution in [-0.2, 0) is 17.0 Å². The fourth-order valence-corrected chi connectivity index (χ4v) is 2.08. The minimum absolute atomic E-state index is 0.541. The maximum atomic E-state index is 5.64. The smallest absolute Gasteiger partial charge is 0.118 e. The van der Waals surface area contributed by atoms with Crippen LogP contribution in [0.1, 0.15) is 29.2 Å². The number of halogens is 1. The maximum absolute atomic E-state index is 5.64. The van der Waals surface area contributed by atoms with Crippen LogP contribution in [0.3, 0.4) is 0 Å². The zero-order valence-corrected chi connectivity index (χ0v) is 13.8. The molecular formula is C19H23ClO. The van der Waals surface area contributed by atoms with Crippen molar-refractivity contribution >= 4 is 17.4 Å². The number of rotatable bonds is 4. The number of hydrogen-bond donors (Lipinski definition) is 0. The van der Waals surface area contributed by atoms with E-state index in [1.165, 1.54) is 11.1 Å². The first kappa shape index (κ1) is 17.3. The molecule has 0 fully saturated rings. The highest BCUT2D eigenvalue weighted by molar-refractivity contribution is 6.17. The molecule has 0 unspecified atom stereocenters. The first-order valence-corrected chi connectivity index (χ1v) is 7.58. The summed E-state index contributed by atoms with van der Waals surface area (Å²) in [6.07, 6.45) is 1.15. The van der Waals surface area contributed by atoms with E-state index in [1.807, 2.05) is 24.3 Å². The summed E-state index contributed by atoms with van der Waals surface area (Å²) in [5.41, 5.74) is 4.95. The highest BCUT2D eigenvalue weighted by Gasteiger charge is 1.96. The molecule has 0 heterocycles. The van der Waals surface area contributed by atoms with E-state index < -0.39 is 0 Å². The predicted molar refractivity (Wildman–Crippen MR) is 92.6 cm³/mol. The number of ether oxygens (including phenoxy) is 1. The van der Waals surface area contributed by atoms with Crippen molar-refractivity contribution in [2.24, 2.45) is 0 Å². The van der Waals surface area contributed by atoms with Gasteiger partial charge in [0.2, 0.25) is 0 Å². The standard InChI is InChI=1S/C10H11ClO.C9H12/c1-8(12-2)10-5-3-9(7-11)4-6-10;1-3-9-7-5-4-6-8(9)2/h3-6H,1,7H2,2H3;4-7H,3H2,1-2H3. The van der Waals surface area contributed by atoms with Crippen molar-refractivity contribution in [3.8, 4) is 0 Å². The van der Waals surface area contributed by atoms with Gasteiger partial charge in [-0.25, -0.2) is 0 Å². The Morgan fingerprint density at radius 2 is 1.71 bits per heavy atom.